The van der Waals surface area contributed by atoms with Crippen LogP contribution in [-0.2, 0) is 12.0 Å². The van der Waals surface area contributed by atoms with Crippen LogP contribution in [0.4, 0.5) is 0 Å². The topological polar surface area (TPSA) is 37.4 Å². The second kappa shape index (κ2) is 5.70. The molecule has 2 aliphatic rings. The minimum absolute atomic E-state index is 0.0289. The van der Waals surface area contributed by atoms with Crippen molar-refractivity contribution in [3.8, 4) is 0 Å². The van der Waals surface area contributed by atoms with E-state index in [1.165, 1.54) is 5.56 Å². The summed E-state index contributed by atoms with van der Waals surface area (Å²) in [5.74, 6) is -0.0313. The number of nitrogens with zero attached hydrogens (tertiary/aromatic N) is 1. The molecule has 1 amide bonds. The number of hydrogen-bond donors (Lipinski definition) is 0. The highest BCUT2D eigenvalue weighted by Gasteiger charge is 2.43. The molecule has 2 aliphatic heterocycles. The molecule has 2 aromatic rings. The molecule has 4 heteroatoms. The predicted octanol–water partition coefficient (Wildman–Crippen LogP) is 4.49. The maximum atomic E-state index is 12.9. The van der Waals surface area contributed by atoms with Crippen molar-refractivity contribution < 1.29 is 9.59 Å². The smallest absolute Gasteiger partial charge is 0.255 e. The third-order valence-corrected chi connectivity index (χ3v) is 5.75. The van der Waals surface area contributed by atoms with Crippen molar-refractivity contribution in [1.82, 2.24) is 4.90 Å². The maximum Gasteiger partial charge on any atom is 0.255 e. The molecule has 25 heavy (non-hydrogen) atoms. The Labute approximate surface area is 152 Å². The molecule has 0 aliphatic carbocycles. The van der Waals surface area contributed by atoms with Crippen LogP contribution in [0, 0.1) is 0 Å². The van der Waals surface area contributed by atoms with Gasteiger partial charge in [-0.15, -0.1) is 11.6 Å². The summed E-state index contributed by atoms with van der Waals surface area (Å²) in [6.45, 7) is 4.95. The zero-order valence-corrected chi connectivity index (χ0v) is 15.1. The van der Waals surface area contributed by atoms with Crippen LogP contribution in [0.1, 0.15) is 63.7 Å². The normalized spacial score (nSPS) is 20.5. The highest BCUT2D eigenvalue weighted by Crippen LogP contribution is 2.46. The summed E-state index contributed by atoms with van der Waals surface area (Å²) in [5.41, 5.74) is 4.70. The Kier molecular flexibility index (Phi) is 3.73. The SMILES string of the molecule is CC1(C)CC2c3ccccc3C(=O)N2Cc2cc(C(=O)CCl)ccc21. The number of carbonyl (C=O) groups is 2. The van der Waals surface area contributed by atoms with Gasteiger partial charge in [0.1, 0.15) is 0 Å². The molecule has 0 radical (unpaired) electrons. The van der Waals surface area contributed by atoms with Crippen LogP contribution in [0.15, 0.2) is 42.5 Å². The molecule has 2 aromatic carbocycles. The molecular formula is C21H20ClNO2. The Morgan fingerprint density at radius 3 is 2.76 bits per heavy atom. The van der Waals surface area contributed by atoms with Crippen LogP contribution in [0.2, 0.25) is 0 Å². The van der Waals surface area contributed by atoms with Crippen LogP contribution in [0.5, 0.6) is 0 Å². The molecule has 3 nitrogen and oxygen atoms in total. The van der Waals surface area contributed by atoms with Gasteiger partial charge in [0.2, 0.25) is 0 Å². The monoisotopic (exact) mass is 353 g/mol. The second-order valence-electron chi connectivity index (χ2n) is 7.55. The standard InChI is InChI=1S/C21H20ClNO2/c1-21(2)10-18-15-5-3-4-6-16(15)20(25)23(18)12-14-9-13(19(24)11-22)7-8-17(14)21/h3-9,18H,10-12H2,1-2H3. The van der Waals surface area contributed by atoms with Gasteiger partial charge in [0.25, 0.3) is 5.91 Å². The molecule has 0 N–H and O–H groups in total. The molecular weight excluding hydrogens is 334 g/mol. The third-order valence-electron chi connectivity index (χ3n) is 5.51. The molecule has 0 aromatic heterocycles. The number of fused-ring (bicyclic) bond motifs is 4. The Balaban J connectivity index is 1.83. The molecule has 4 rings (SSSR count). The number of ketones is 1. The summed E-state index contributed by atoms with van der Waals surface area (Å²) in [7, 11) is 0. The number of benzene rings is 2. The lowest BCUT2D eigenvalue weighted by Crippen LogP contribution is -2.28. The van der Waals surface area contributed by atoms with Gasteiger partial charge in [-0.1, -0.05) is 44.2 Å². The lowest BCUT2D eigenvalue weighted by atomic mass is 9.76. The minimum atomic E-state index is -0.0883. The number of alkyl halides is 1. The lowest BCUT2D eigenvalue weighted by molar-refractivity contribution is 0.0697. The maximum absolute atomic E-state index is 12.9. The van der Waals surface area contributed by atoms with Crippen molar-refractivity contribution in [2.24, 2.45) is 0 Å². The number of carbonyl (C=O) groups excluding carboxylic acids is 2. The van der Waals surface area contributed by atoms with Gasteiger partial charge >= 0.3 is 0 Å². The van der Waals surface area contributed by atoms with Gasteiger partial charge in [0.05, 0.1) is 11.9 Å². The minimum Gasteiger partial charge on any atom is -0.327 e. The largest absolute Gasteiger partial charge is 0.327 e. The number of hydrogen-bond acceptors (Lipinski definition) is 2. The molecule has 0 bridgehead atoms. The van der Waals surface area contributed by atoms with Gasteiger partial charge in [-0.25, -0.2) is 0 Å². The first-order chi connectivity index (χ1) is 11.9. The van der Waals surface area contributed by atoms with Gasteiger partial charge in [0, 0.05) is 17.7 Å². The average molecular weight is 354 g/mol. The molecule has 128 valence electrons. The molecule has 1 unspecified atom stereocenters. The van der Waals surface area contributed by atoms with E-state index in [-0.39, 0.29) is 29.0 Å². The highest BCUT2D eigenvalue weighted by atomic mass is 35.5. The second-order valence-corrected chi connectivity index (χ2v) is 7.82. The molecule has 2 heterocycles. The Hall–Kier alpha value is -2.13. The van der Waals surface area contributed by atoms with E-state index in [1.807, 2.05) is 41.3 Å². The zero-order chi connectivity index (χ0) is 17.8. The Morgan fingerprint density at radius 2 is 2.00 bits per heavy atom. The van der Waals surface area contributed by atoms with Crippen LogP contribution in [-0.4, -0.2) is 22.5 Å². The average Bonchev–Trinajstić information content (AvgIpc) is 2.79. The van der Waals surface area contributed by atoms with E-state index in [4.69, 9.17) is 11.6 Å². The van der Waals surface area contributed by atoms with Crippen molar-refractivity contribution >= 4 is 23.3 Å². The first-order valence-corrected chi connectivity index (χ1v) is 9.08. The van der Waals surface area contributed by atoms with Gasteiger partial charge < -0.3 is 4.90 Å². The van der Waals surface area contributed by atoms with Crippen LogP contribution in [0.3, 0.4) is 0 Å². The molecule has 0 saturated carbocycles. The van der Waals surface area contributed by atoms with Gasteiger partial charge in [-0.3, -0.25) is 9.59 Å². The number of rotatable bonds is 2. The number of amides is 1. The summed E-state index contributed by atoms with van der Waals surface area (Å²) >= 11 is 5.72. The van der Waals surface area contributed by atoms with Crippen molar-refractivity contribution in [3.63, 3.8) is 0 Å². The fourth-order valence-electron chi connectivity index (χ4n) is 4.26. The van der Waals surface area contributed by atoms with Crippen molar-refractivity contribution in [1.29, 1.82) is 0 Å². The van der Waals surface area contributed by atoms with E-state index in [2.05, 4.69) is 19.9 Å². The molecule has 1 atom stereocenters. The fourth-order valence-corrected chi connectivity index (χ4v) is 4.42. The van der Waals surface area contributed by atoms with Gasteiger partial charge in [-0.05, 0) is 40.7 Å². The quantitative estimate of drug-likeness (QED) is 0.589. The first kappa shape index (κ1) is 16.3. The van der Waals surface area contributed by atoms with Crippen LogP contribution >= 0.6 is 11.6 Å². The Bertz CT molecular complexity index is 887. The summed E-state index contributed by atoms with van der Waals surface area (Å²) in [6, 6.07) is 13.8. The Morgan fingerprint density at radius 1 is 1.24 bits per heavy atom. The van der Waals surface area contributed by atoms with Gasteiger partial charge in [0.15, 0.2) is 5.78 Å². The summed E-state index contributed by atoms with van der Waals surface area (Å²) in [6.07, 6.45) is 0.867. The highest BCUT2D eigenvalue weighted by molar-refractivity contribution is 6.30. The zero-order valence-electron chi connectivity index (χ0n) is 14.4. The lowest BCUT2D eigenvalue weighted by Gasteiger charge is -2.29. The molecule has 0 fully saturated rings. The number of Topliss-reactive ketones (excluding diaryl/α,β-unsaturated/α-hetero) is 1. The van der Waals surface area contributed by atoms with E-state index < -0.39 is 0 Å². The van der Waals surface area contributed by atoms with Crippen LogP contribution < -0.4 is 0 Å². The summed E-state index contributed by atoms with van der Waals surface area (Å²) in [5, 5.41) is 0. The molecule has 0 spiro atoms. The van der Waals surface area contributed by atoms with E-state index in [9.17, 15) is 9.59 Å². The first-order valence-electron chi connectivity index (χ1n) is 8.55. The van der Waals surface area contributed by atoms with Crippen molar-refractivity contribution in [2.75, 3.05) is 5.88 Å². The van der Waals surface area contributed by atoms with Crippen molar-refractivity contribution in [3.05, 3.63) is 70.3 Å². The van der Waals surface area contributed by atoms with Crippen LogP contribution in [0.25, 0.3) is 0 Å². The fraction of sp³-hybridized carbons (Fsp3) is 0.333. The van der Waals surface area contributed by atoms with E-state index in [1.54, 1.807) is 0 Å². The summed E-state index contributed by atoms with van der Waals surface area (Å²) < 4.78 is 0. The van der Waals surface area contributed by atoms with Gasteiger partial charge in [-0.2, -0.15) is 0 Å². The van der Waals surface area contributed by atoms with Crippen molar-refractivity contribution in [2.45, 2.75) is 38.3 Å². The van der Waals surface area contributed by atoms with E-state index in [0.29, 0.717) is 12.1 Å². The van der Waals surface area contributed by atoms with E-state index >= 15 is 0 Å². The predicted molar refractivity (Wildman–Crippen MR) is 98.2 cm³/mol. The third kappa shape index (κ3) is 2.49. The van der Waals surface area contributed by atoms with E-state index in [0.717, 1.165) is 23.1 Å². The number of halogens is 1. The summed E-state index contributed by atoms with van der Waals surface area (Å²) in [4.78, 5) is 26.9. The molecule has 0 saturated heterocycles.